The molecule has 33 heavy (non-hydrogen) atoms. The van der Waals surface area contributed by atoms with Crippen molar-refractivity contribution in [2.75, 3.05) is 32.8 Å². The number of piperazine rings is 1. The first-order valence-corrected chi connectivity index (χ1v) is 11.7. The molecule has 5 nitrogen and oxygen atoms in total. The molecule has 3 aromatic rings. The van der Waals surface area contributed by atoms with Gasteiger partial charge in [0.2, 0.25) is 0 Å². The maximum absolute atomic E-state index is 13.2. The molecule has 0 saturated carbocycles. The number of rotatable bonds is 9. The number of hydrogen-bond donors (Lipinski definition) is 0. The molecule has 1 heterocycles. The van der Waals surface area contributed by atoms with Crippen LogP contribution in [-0.2, 0) is 24.5 Å². The number of benzene rings is 3. The molecule has 4 rings (SSSR count). The summed E-state index contributed by atoms with van der Waals surface area (Å²) in [6, 6.07) is 26.3. The van der Waals surface area contributed by atoms with Crippen LogP contribution >= 0.6 is 0 Å². The molecular weight excluding hydrogens is 412 g/mol. The van der Waals surface area contributed by atoms with Gasteiger partial charge in [-0.15, -0.1) is 0 Å². The van der Waals surface area contributed by atoms with E-state index in [1.165, 1.54) is 5.56 Å². The van der Waals surface area contributed by atoms with Gasteiger partial charge in [0, 0.05) is 43.9 Å². The van der Waals surface area contributed by atoms with E-state index in [4.69, 9.17) is 9.47 Å². The highest BCUT2D eigenvalue weighted by molar-refractivity contribution is 5.94. The zero-order chi connectivity index (χ0) is 22.9. The van der Waals surface area contributed by atoms with E-state index in [9.17, 15) is 4.79 Å². The van der Waals surface area contributed by atoms with E-state index < -0.39 is 0 Å². The second-order valence-electron chi connectivity index (χ2n) is 8.29. The van der Waals surface area contributed by atoms with Crippen molar-refractivity contribution in [3.8, 4) is 5.75 Å². The topological polar surface area (TPSA) is 42.0 Å². The largest absolute Gasteiger partial charge is 0.494 e. The smallest absolute Gasteiger partial charge is 0.253 e. The van der Waals surface area contributed by atoms with Gasteiger partial charge in [0.05, 0.1) is 19.8 Å². The third-order valence-corrected chi connectivity index (χ3v) is 5.88. The van der Waals surface area contributed by atoms with Crippen LogP contribution < -0.4 is 4.74 Å². The van der Waals surface area contributed by atoms with Gasteiger partial charge >= 0.3 is 0 Å². The fraction of sp³-hybridized carbons (Fsp3) is 0.321. The maximum atomic E-state index is 13.2. The summed E-state index contributed by atoms with van der Waals surface area (Å²) in [7, 11) is 0. The molecule has 0 unspecified atom stereocenters. The quantitative estimate of drug-likeness (QED) is 0.477. The number of nitrogens with zero attached hydrogens (tertiary/aromatic N) is 2. The van der Waals surface area contributed by atoms with E-state index >= 15 is 0 Å². The monoisotopic (exact) mass is 444 g/mol. The normalized spacial score (nSPS) is 14.3. The Labute approximate surface area is 196 Å². The Hall–Kier alpha value is -3.15. The Morgan fingerprint density at radius 2 is 1.48 bits per heavy atom. The molecule has 0 aromatic heterocycles. The minimum Gasteiger partial charge on any atom is -0.494 e. The first-order valence-electron chi connectivity index (χ1n) is 11.7. The Kier molecular flexibility index (Phi) is 8.12. The molecule has 1 saturated heterocycles. The number of ether oxygens (including phenoxy) is 2. The van der Waals surface area contributed by atoms with Crippen LogP contribution in [-0.4, -0.2) is 48.5 Å². The molecule has 0 aliphatic carbocycles. The van der Waals surface area contributed by atoms with Crippen LogP contribution in [0.2, 0.25) is 0 Å². The number of hydrogen-bond acceptors (Lipinski definition) is 4. The summed E-state index contributed by atoms with van der Waals surface area (Å²) >= 11 is 0. The highest BCUT2D eigenvalue weighted by Crippen LogP contribution is 2.23. The third-order valence-electron chi connectivity index (χ3n) is 5.88. The summed E-state index contributed by atoms with van der Waals surface area (Å²) < 4.78 is 11.7. The second kappa shape index (κ2) is 11.6. The van der Waals surface area contributed by atoms with Gasteiger partial charge in [0.15, 0.2) is 0 Å². The van der Waals surface area contributed by atoms with E-state index in [1.807, 2.05) is 66.4 Å². The third kappa shape index (κ3) is 6.44. The van der Waals surface area contributed by atoms with Gasteiger partial charge in [-0.1, -0.05) is 60.7 Å². The molecule has 1 amide bonds. The molecule has 5 heteroatoms. The molecule has 1 fully saturated rings. The van der Waals surface area contributed by atoms with Crippen LogP contribution in [0, 0.1) is 0 Å². The maximum Gasteiger partial charge on any atom is 0.253 e. The summed E-state index contributed by atoms with van der Waals surface area (Å²) in [5.74, 6) is 0.844. The molecule has 172 valence electrons. The fourth-order valence-electron chi connectivity index (χ4n) is 4.11. The lowest BCUT2D eigenvalue weighted by Gasteiger charge is -2.35. The SMILES string of the molecule is CCOc1ccc(C(=O)N2CCN(Cc3ccccc3)CC2)cc1COCc1ccccc1. The van der Waals surface area contributed by atoms with E-state index in [1.54, 1.807) is 0 Å². The predicted molar refractivity (Wildman–Crippen MR) is 130 cm³/mol. The number of carbonyl (C=O) groups is 1. The van der Waals surface area contributed by atoms with Gasteiger partial charge in [0.1, 0.15) is 5.75 Å². The van der Waals surface area contributed by atoms with Gasteiger partial charge in [-0.25, -0.2) is 0 Å². The standard InChI is InChI=1S/C28H32N2O3/c1-2-33-27-14-13-25(19-26(27)22-32-21-24-11-7-4-8-12-24)28(31)30-17-15-29(16-18-30)20-23-9-5-3-6-10-23/h3-14,19H,2,15-18,20-22H2,1H3. The summed E-state index contributed by atoms with van der Waals surface area (Å²) in [5.41, 5.74) is 4.02. The van der Waals surface area contributed by atoms with Gasteiger partial charge in [-0.3, -0.25) is 9.69 Å². The molecule has 1 aliphatic heterocycles. The van der Waals surface area contributed by atoms with E-state index in [0.717, 1.165) is 49.6 Å². The van der Waals surface area contributed by atoms with Gasteiger partial charge in [-0.05, 0) is 36.2 Å². The average molecular weight is 445 g/mol. The first kappa shape index (κ1) is 23.0. The first-order chi connectivity index (χ1) is 16.2. The highest BCUT2D eigenvalue weighted by Gasteiger charge is 2.23. The summed E-state index contributed by atoms with van der Waals surface area (Å²) in [5, 5.41) is 0. The summed E-state index contributed by atoms with van der Waals surface area (Å²) in [6.07, 6.45) is 0. The molecule has 1 aliphatic rings. The Balaban J connectivity index is 1.36. The Morgan fingerprint density at radius 1 is 0.818 bits per heavy atom. The summed E-state index contributed by atoms with van der Waals surface area (Å²) in [6.45, 7) is 7.61. The van der Waals surface area contributed by atoms with Gasteiger partial charge in [-0.2, -0.15) is 0 Å². The lowest BCUT2D eigenvalue weighted by atomic mass is 10.1. The van der Waals surface area contributed by atoms with Crippen molar-refractivity contribution in [2.45, 2.75) is 26.7 Å². The molecule has 3 aromatic carbocycles. The van der Waals surface area contributed by atoms with Crippen molar-refractivity contribution in [3.63, 3.8) is 0 Å². The van der Waals surface area contributed by atoms with Crippen molar-refractivity contribution >= 4 is 5.91 Å². The van der Waals surface area contributed by atoms with Crippen molar-refractivity contribution in [1.29, 1.82) is 0 Å². The molecular formula is C28H32N2O3. The van der Waals surface area contributed by atoms with Crippen LogP contribution in [0.3, 0.4) is 0 Å². The van der Waals surface area contributed by atoms with Crippen LogP contribution in [0.5, 0.6) is 5.75 Å². The van der Waals surface area contributed by atoms with Crippen molar-refractivity contribution in [3.05, 3.63) is 101 Å². The molecule has 0 radical (unpaired) electrons. The molecule has 0 bridgehead atoms. The average Bonchev–Trinajstić information content (AvgIpc) is 2.86. The lowest BCUT2D eigenvalue weighted by Crippen LogP contribution is -2.48. The number of carbonyl (C=O) groups excluding carboxylic acids is 1. The minimum absolute atomic E-state index is 0.0710. The molecule has 0 spiro atoms. The lowest BCUT2D eigenvalue weighted by molar-refractivity contribution is 0.0627. The van der Waals surface area contributed by atoms with Gasteiger partial charge in [0.25, 0.3) is 5.91 Å². The predicted octanol–water partition coefficient (Wildman–Crippen LogP) is 4.76. The Bertz CT molecular complexity index is 1020. The van der Waals surface area contributed by atoms with Crippen LogP contribution in [0.15, 0.2) is 78.9 Å². The Morgan fingerprint density at radius 3 is 2.15 bits per heavy atom. The zero-order valence-corrected chi connectivity index (χ0v) is 19.3. The van der Waals surface area contributed by atoms with Crippen LogP contribution in [0.1, 0.15) is 34.0 Å². The van der Waals surface area contributed by atoms with E-state index in [0.29, 0.717) is 25.4 Å². The van der Waals surface area contributed by atoms with Gasteiger partial charge < -0.3 is 14.4 Å². The zero-order valence-electron chi connectivity index (χ0n) is 19.3. The van der Waals surface area contributed by atoms with Crippen LogP contribution in [0.4, 0.5) is 0 Å². The summed E-state index contributed by atoms with van der Waals surface area (Å²) in [4.78, 5) is 17.6. The van der Waals surface area contributed by atoms with Crippen LogP contribution in [0.25, 0.3) is 0 Å². The van der Waals surface area contributed by atoms with Crippen molar-refractivity contribution < 1.29 is 14.3 Å². The molecule has 0 atom stereocenters. The minimum atomic E-state index is 0.0710. The molecule has 0 N–H and O–H groups in total. The highest BCUT2D eigenvalue weighted by atomic mass is 16.5. The van der Waals surface area contributed by atoms with Crippen molar-refractivity contribution in [1.82, 2.24) is 9.80 Å². The number of amides is 1. The second-order valence-corrected chi connectivity index (χ2v) is 8.29. The fourth-order valence-corrected chi connectivity index (χ4v) is 4.11. The van der Waals surface area contributed by atoms with E-state index in [2.05, 4.69) is 29.2 Å². The van der Waals surface area contributed by atoms with E-state index in [-0.39, 0.29) is 5.91 Å². The van der Waals surface area contributed by atoms with Crippen molar-refractivity contribution in [2.24, 2.45) is 0 Å².